The van der Waals surface area contributed by atoms with Crippen molar-refractivity contribution in [3.05, 3.63) is 53.6 Å². The van der Waals surface area contributed by atoms with Crippen LogP contribution in [0.4, 0.5) is 0 Å². The first kappa shape index (κ1) is 14.8. The largest absolute Gasteiger partial charge is 0.373 e. The van der Waals surface area contributed by atoms with Gasteiger partial charge in [0, 0.05) is 26.5 Å². The van der Waals surface area contributed by atoms with Crippen LogP contribution >= 0.6 is 0 Å². The van der Waals surface area contributed by atoms with Crippen molar-refractivity contribution in [1.29, 1.82) is 0 Å². The van der Waals surface area contributed by atoms with Crippen LogP contribution in [0.3, 0.4) is 0 Å². The topological polar surface area (TPSA) is 47.4 Å². The Morgan fingerprint density at radius 1 is 1.45 bits per heavy atom. The summed E-state index contributed by atoms with van der Waals surface area (Å²) in [4.78, 5) is 18.4. The minimum Gasteiger partial charge on any atom is -0.373 e. The van der Waals surface area contributed by atoms with Gasteiger partial charge in [0.15, 0.2) is 0 Å². The summed E-state index contributed by atoms with van der Waals surface area (Å²) in [5.74, 6) is 0.950. The number of aromatic nitrogens is 2. The predicted octanol–water partition coefficient (Wildman–Crippen LogP) is 2.08. The Bertz CT molecular complexity index is 665. The number of hydrogen-bond acceptors (Lipinski definition) is 3. The highest BCUT2D eigenvalue weighted by Crippen LogP contribution is 2.29. The summed E-state index contributed by atoms with van der Waals surface area (Å²) in [5.41, 5.74) is 2.44. The Balaban J connectivity index is 1.66. The van der Waals surface area contributed by atoms with Gasteiger partial charge in [0.2, 0.25) is 5.91 Å². The van der Waals surface area contributed by atoms with Crippen molar-refractivity contribution < 1.29 is 9.53 Å². The van der Waals surface area contributed by atoms with Crippen molar-refractivity contribution in [3.8, 4) is 0 Å². The van der Waals surface area contributed by atoms with Gasteiger partial charge in [0.25, 0.3) is 0 Å². The van der Waals surface area contributed by atoms with Gasteiger partial charge < -0.3 is 14.2 Å². The lowest BCUT2D eigenvalue weighted by molar-refractivity contribution is -0.134. The van der Waals surface area contributed by atoms with Gasteiger partial charge in [-0.2, -0.15) is 0 Å². The van der Waals surface area contributed by atoms with Crippen LogP contribution in [0.25, 0.3) is 0 Å². The highest BCUT2D eigenvalue weighted by atomic mass is 16.5. The first-order valence-electron chi connectivity index (χ1n) is 7.54. The molecule has 0 fully saturated rings. The van der Waals surface area contributed by atoms with E-state index in [1.54, 1.807) is 11.1 Å². The quantitative estimate of drug-likeness (QED) is 0.868. The summed E-state index contributed by atoms with van der Waals surface area (Å²) in [5, 5.41) is 0. The van der Waals surface area contributed by atoms with Gasteiger partial charge >= 0.3 is 0 Å². The number of fused-ring (bicyclic) bond motifs is 1. The molecule has 0 N–H and O–H groups in total. The van der Waals surface area contributed by atoms with E-state index >= 15 is 0 Å². The molecule has 0 saturated heterocycles. The molecule has 5 heteroatoms. The molecular weight excluding hydrogens is 278 g/mol. The van der Waals surface area contributed by atoms with Gasteiger partial charge in [-0.05, 0) is 17.5 Å². The van der Waals surface area contributed by atoms with Crippen LogP contribution in [0, 0.1) is 0 Å². The molecule has 2 heterocycles. The van der Waals surface area contributed by atoms with E-state index in [4.69, 9.17) is 4.74 Å². The molecule has 1 unspecified atom stereocenters. The molecule has 1 aliphatic rings. The molecule has 1 aromatic carbocycles. The Morgan fingerprint density at radius 3 is 3.05 bits per heavy atom. The molecule has 0 aliphatic carbocycles. The molecule has 3 rings (SSSR count). The number of amides is 1. The molecule has 0 bridgehead atoms. The number of nitrogens with zero attached hydrogens (tertiary/aromatic N) is 3. The zero-order valence-electron chi connectivity index (χ0n) is 13.0. The third-order valence-corrected chi connectivity index (χ3v) is 4.18. The SMILES string of the molecule is CN(Cc1nccn1C)C(=O)CC1OCCc2ccccc21. The maximum Gasteiger partial charge on any atom is 0.225 e. The van der Waals surface area contributed by atoms with E-state index in [0.29, 0.717) is 19.6 Å². The van der Waals surface area contributed by atoms with Gasteiger partial charge in [-0.3, -0.25) is 4.79 Å². The minimum atomic E-state index is -0.138. The summed E-state index contributed by atoms with van der Waals surface area (Å²) in [7, 11) is 3.74. The van der Waals surface area contributed by atoms with Crippen LogP contribution in [0.5, 0.6) is 0 Å². The second kappa shape index (κ2) is 6.32. The number of rotatable bonds is 4. The summed E-state index contributed by atoms with van der Waals surface area (Å²) in [6.45, 7) is 1.19. The lowest BCUT2D eigenvalue weighted by Crippen LogP contribution is -2.30. The van der Waals surface area contributed by atoms with E-state index in [1.807, 2.05) is 37.0 Å². The molecule has 1 aliphatic heterocycles. The summed E-state index contributed by atoms with van der Waals surface area (Å²) in [6.07, 6.45) is 4.78. The number of imidazole rings is 1. The molecule has 0 saturated carbocycles. The van der Waals surface area contributed by atoms with E-state index in [-0.39, 0.29) is 12.0 Å². The molecule has 1 atom stereocenters. The average molecular weight is 299 g/mol. The standard InChI is InChI=1S/C17H21N3O2/c1-19-9-8-18-16(19)12-20(2)17(21)11-15-14-6-4-3-5-13(14)7-10-22-15/h3-6,8-9,15H,7,10-12H2,1-2H3. The van der Waals surface area contributed by atoms with Crippen LogP contribution in [-0.4, -0.2) is 34.0 Å². The van der Waals surface area contributed by atoms with Gasteiger partial charge in [-0.25, -0.2) is 4.98 Å². The maximum atomic E-state index is 12.5. The fourth-order valence-corrected chi connectivity index (χ4v) is 2.81. The lowest BCUT2D eigenvalue weighted by atomic mass is 9.95. The van der Waals surface area contributed by atoms with Crippen molar-refractivity contribution in [1.82, 2.24) is 14.5 Å². The van der Waals surface area contributed by atoms with Crippen LogP contribution in [0.1, 0.15) is 29.5 Å². The van der Waals surface area contributed by atoms with Crippen LogP contribution < -0.4 is 0 Å². The predicted molar refractivity (Wildman–Crippen MR) is 83.1 cm³/mol. The minimum absolute atomic E-state index is 0.0738. The average Bonchev–Trinajstić information content (AvgIpc) is 2.93. The number of ether oxygens (including phenoxy) is 1. The Morgan fingerprint density at radius 2 is 2.27 bits per heavy atom. The summed E-state index contributed by atoms with van der Waals surface area (Å²) >= 11 is 0. The lowest BCUT2D eigenvalue weighted by Gasteiger charge is -2.27. The first-order chi connectivity index (χ1) is 10.6. The Labute approximate surface area is 130 Å². The molecule has 116 valence electrons. The number of carbonyl (C=O) groups is 1. The maximum absolute atomic E-state index is 12.5. The van der Waals surface area contributed by atoms with E-state index in [9.17, 15) is 4.79 Å². The summed E-state index contributed by atoms with van der Waals surface area (Å²) in [6, 6.07) is 8.22. The van der Waals surface area contributed by atoms with E-state index < -0.39 is 0 Å². The van der Waals surface area contributed by atoms with Gasteiger partial charge in [0.1, 0.15) is 5.82 Å². The van der Waals surface area contributed by atoms with Gasteiger partial charge in [0.05, 0.1) is 25.7 Å². The molecular formula is C17H21N3O2. The fraction of sp³-hybridized carbons (Fsp3) is 0.412. The zero-order chi connectivity index (χ0) is 15.5. The molecule has 1 amide bonds. The van der Waals surface area contributed by atoms with E-state index in [0.717, 1.165) is 17.8 Å². The number of hydrogen-bond donors (Lipinski definition) is 0. The number of aryl methyl sites for hydroxylation is 1. The zero-order valence-corrected chi connectivity index (χ0v) is 13.0. The van der Waals surface area contributed by atoms with Gasteiger partial charge in [-0.1, -0.05) is 24.3 Å². The number of benzene rings is 1. The Hall–Kier alpha value is -2.14. The second-order valence-corrected chi connectivity index (χ2v) is 5.72. The number of carbonyl (C=O) groups excluding carboxylic acids is 1. The second-order valence-electron chi connectivity index (χ2n) is 5.72. The first-order valence-corrected chi connectivity index (χ1v) is 7.54. The van der Waals surface area contributed by atoms with Crippen LogP contribution in [0.2, 0.25) is 0 Å². The molecule has 2 aromatic rings. The van der Waals surface area contributed by atoms with Crippen molar-refractivity contribution in [2.24, 2.45) is 7.05 Å². The molecule has 1 aromatic heterocycles. The third-order valence-electron chi connectivity index (χ3n) is 4.18. The normalized spacial score (nSPS) is 17.1. The van der Waals surface area contributed by atoms with E-state index in [2.05, 4.69) is 17.1 Å². The third kappa shape index (κ3) is 3.04. The van der Waals surface area contributed by atoms with E-state index in [1.165, 1.54) is 5.56 Å². The molecule has 22 heavy (non-hydrogen) atoms. The smallest absolute Gasteiger partial charge is 0.225 e. The molecule has 0 radical (unpaired) electrons. The monoisotopic (exact) mass is 299 g/mol. The van der Waals surface area contributed by atoms with Crippen molar-refractivity contribution in [2.45, 2.75) is 25.5 Å². The highest BCUT2D eigenvalue weighted by molar-refractivity contribution is 5.76. The van der Waals surface area contributed by atoms with Crippen LogP contribution in [0.15, 0.2) is 36.7 Å². The van der Waals surface area contributed by atoms with Crippen molar-refractivity contribution >= 4 is 5.91 Å². The fourth-order valence-electron chi connectivity index (χ4n) is 2.81. The van der Waals surface area contributed by atoms with Gasteiger partial charge in [-0.15, -0.1) is 0 Å². The molecule has 0 spiro atoms. The van der Waals surface area contributed by atoms with Crippen molar-refractivity contribution in [2.75, 3.05) is 13.7 Å². The highest BCUT2D eigenvalue weighted by Gasteiger charge is 2.24. The van der Waals surface area contributed by atoms with Crippen LogP contribution in [-0.2, 0) is 29.5 Å². The molecule has 5 nitrogen and oxygen atoms in total. The Kier molecular flexibility index (Phi) is 4.24. The summed E-state index contributed by atoms with van der Waals surface area (Å²) < 4.78 is 7.74. The van der Waals surface area contributed by atoms with Crippen molar-refractivity contribution in [3.63, 3.8) is 0 Å².